The molecule has 2 aromatic rings. The van der Waals surface area contributed by atoms with Gasteiger partial charge in [-0.3, -0.25) is 9.10 Å². The van der Waals surface area contributed by atoms with E-state index in [0.29, 0.717) is 22.2 Å². The number of halogens is 1. The fraction of sp³-hybridized carbons (Fsp3) is 0.316. The molecule has 0 aliphatic carbocycles. The van der Waals surface area contributed by atoms with E-state index >= 15 is 0 Å². The Labute approximate surface area is 169 Å². The lowest BCUT2D eigenvalue weighted by atomic mass is 10.2. The number of carbonyl (C=O) groups is 1. The van der Waals surface area contributed by atoms with Crippen molar-refractivity contribution in [1.82, 2.24) is 5.32 Å². The molecule has 0 saturated carbocycles. The third-order valence-corrected chi connectivity index (χ3v) is 5.79. The maximum atomic E-state index is 12.5. The van der Waals surface area contributed by atoms with E-state index < -0.39 is 22.0 Å². The van der Waals surface area contributed by atoms with E-state index in [4.69, 9.17) is 21.1 Å². The van der Waals surface area contributed by atoms with Crippen molar-refractivity contribution in [3.63, 3.8) is 0 Å². The van der Waals surface area contributed by atoms with E-state index in [9.17, 15) is 13.2 Å². The average Bonchev–Trinajstić information content (AvgIpc) is 2.66. The second kappa shape index (κ2) is 8.28. The van der Waals surface area contributed by atoms with E-state index in [-0.39, 0.29) is 19.7 Å². The second-order valence-corrected chi connectivity index (χ2v) is 8.73. The summed E-state index contributed by atoms with van der Waals surface area (Å²) in [5.41, 5.74) is 1.38. The van der Waals surface area contributed by atoms with Crippen LogP contribution in [0.5, 0.6) is 11.5 Å². The number of sulfonamides is 1. The van der Waals surface area contributed by atoms with Gasteiger partial charge in [-0.05, 0) is 36.8 Å². The van der Waals surface area contributed by atoms with Gasteiger partial charge in [0.15, 0.2) is 6.10 Å². The topological polar surface area (TPSA) is 84.9 Å². The van der Waals surface area contributed by atoms with Crippen LogP contribution in [0.2, 0.25) is 5.02 Å². The quantitative estimate of drug-likeness (QED) is 0.719. The summed E-state index contributed by atoms with van der Waals surface area (Å²) in [7, 11) is -3.54. The molecule has 1 amide bonds. The number of fused-ring (bicyclic) bond motifs is 1. The molecular weight excluding hydrogens is 404 g/mol. The molecule has 150 valence electrons. The van der Waals surface area contributed by atoms with Crippen molar-refractivity contribution in [3.8, 4) is 11.5 Å². The van der Waals surface area contributed by atoms with Crippen LogP contribution in [0.4, 0.5) is 5.69 Å². The van der Waals surface area contributed by atoms with Gasteiger partial charge in [0, 0.05) is 5.02 Å². The lowest BCUT2D eigenvalue weighted by Crippen LogP contribution is -2.51. The highest BCUT2D eigenvalue weighted by atomic mass is 35.5. The third-order valence-electron chi connectivity index (χ3n) is 4.24. The van der Waals surface area contributed by atoms with Crippen LogP contribution in [0.1, 0.15) is 5.56 Å². The standard InChI is InChI=1S/C19H21ClN2O5S/c1-13-7-8-14(11-15(13)20)26-10-9-21-19(23)18-12-22(28(2,24)25)16-5-3-4-6-17(16)27-18/h3-8,11,18H,9-10,12H2,1-2H3,(H,21,23). The largest absolute Gasteiger partial charge is 0.492 e. The van der Waals surface area contributed by atoms with Gasteiger partial charge < -0.3 is 14.8 Å². The van der Waals surface area contributed by atoms with Gasteiger partial charge in [0.05, 0.1) is 25.0 Å². The number of rotatable bonds is 6. The lowest BCUT2D eigenvalue weighted by molar-refractivity contribution is -0.127. The molecule has 9 heteroatoms. The van der Waals surface area contributed by atoms with Gasteiger partial charge >= 0.3 is 0 Å². The summed E-state index contributed by atoms with van der Waals surface area (Å²) >= 11 is 6.05. The summed E-state index contributed by atoms with van der Waals surface area (Å²) in [6.45, 7) is 2.29. The minimum atomic E-state index is -3.54. The number of anilines is 1. The number of benzene rings is 2. The Morgan fingerprint density at radius 1 is 1.32 bits per heavy atom. The lowest BCUT2D eigenvalue weighted by Gasteiger charge is -2.33. The van der Waals surface area contributed by atoms with Gasteiger partial charge in [-0.2, -0.15) is 0 Å². The monoisotopic (exact) mass is 424 g/mol. The number of nitrogens with zero attached hydrogens (tertiary/aromatic N) is 1. The molecule has 7 nitrogen and oxygen atoms in total. The van der Waals surface area contributed by atoms with Crippen molar-refractivity contribution in [2.24, 2.45) is 0 Å². The van der Waals surface area contributed by atoms with Crippen LogP contribution in [-0.2, 0) is 14.8 Å². The molecule has 1 aliphatic heterocycles. The van der Waals surface area contributed by atoms with Gasteiger partial charge in [-0.15, -0.1) is 0 Å². The predicted molar refractivity (Wildman–Crippen MR) is 108 cm³/mol. The summed E-state index contributed by atoms with van der Waals surface area (Å²) in [6, 6.07) is 12.1. The van der Waals surface area contributed by atoms with Crippen molar-refractivity contribution < 1.29 is 22.7 Å². The van der Waals surface area contributed by atoms with Crippen molar-refractivity contribution in [2.75, 3.05) is 30.3 Å². The Kier molecular flexibility index (Phi) is 6.00. The predicted octanol–water partition coefficient (Wildman–Crippen LogP) is 2.37. The molecule has 3 rings (SSSR count). The fourth-order valence-corrected chi connectivity index (χ4v) is 3.86. The Bertz CT molecular complexity index is 980. The molecule has 1 heterocycles. The van der Waals surface area contributed by atoms with Crippen molar-refractivity contribution in [1.29, 1.82) is 0 Å². The highest BCUT2D eigenvalue weighted by Gasteiger charge is 2.34. The molecule has 0 saturated heterocycles. The molecule has 0 radical (unpaired) electrons. The normalized spacial score (nSPS) is 16.1. The first-order chi connectivity index (χ1) is 13.3. The van der Waals surface area contributed by atoms with E-state index in [2.05, 4.69) is 5.32 Å². The first kappa shape index (κ1) is 20.3. The van der Waals surface area contributed by atoms with Crippen LogP contribution in [0, 0.1) is 6.92 Å². The molecule has 1 N–H and O–H groups in total. The zero-order chi connectivity index (χ0) is 20.3. The summed E-state index contributed by atoms with van der Waals surface area (Å²) in [6.07, 6.45) is 0.156. The molecule has 1 unspecified atom stereocenters. The number of carbonyl (C=O) groups excluding carboxylic acids is 1. The number of aryl methyl sites for hydroxylation is 1. The molecule has 0 bridgehead atoms. The smallest absolute Gasteiger partial charge is 0.263 e. The van der Waals surface area contributed by atoms with Gasteiger partial charge in [0.1, 0.15) is 18.1 Å². The van der Waals surface area contributed by atoms with Crippen LogP contribution in [-0.4, -0.2) is 46.4 Å². The van der Waals surface area contributed by atoms with Crippen LogP contribution in [0.15, 0.2) is 42.5 Å². The maximum Gasteiger partial charge on any atom is 0.263 e. The van der Waals surface area contributed by atoms with E-state index in [1.807, 2.05) is 13.0 Å². The minimum Gasteiger partial charge on any atom is -0.492 e. The first-order valence-corrected chi connectivity index (χ1v) is 10.9. The van der Waals surface area contributed by atoms with Crippen LogP contribution in [0.3, 0.4) is 0 Å². The van der Waals surface area contributed by atoms with Gasteiger partial charge in [-0.25, -0.2) is 8.42 Å². The number of hydrogen-bond acceptors (Lipinski definition) is 5. The van der Waals surface area contributed by atoms with Crippen LogP contribution >= 0.6 is 11.6 Å². The van der Waals surface area contributed by atoms with Gasteiger partial charge in [-0.1, -0.05) is 29.8 Å². The molecule has 0 fully saturated rings. The van der Waals surface area contributed by atoms with Crippen LogP contribution in [0.25, 0.3) is 0 Å². The molecular formula is C19H21ClN2O5S. The fourth-order valence-electron chi connectivity index (χ4n) is 2.77. The van der Waals surface area contributed by atoms with E-state index in [0.717, 1.165) is 11.8 Å². The number of ether oxygens (including phenoxy) is 2. The number of hydrogen-bond donors (Lipinski definition) is 1. The van der Waals surface area contributed by atoms with E-state index in [1.165, 1.54) is 4.31 Å². The molecule has 0 spiro atoms. The highest BCUT2D eigenvalue weighted by molar-refractivity contribution is 7.92. The molecule has 1 aliphatic rings. The summed E-state index contributed by atoms with van der Waals surface area (Å²) < 4.78 is 36.6. The highest BCUT2D eigenvalue weighted by Crippen LogP contribution is 2.34. The molecule has 1 atom stereocenters. The molecule has 28 heavy (non-hydrogen) atoms. The Morgan fingerprint density at radius 3 is 2.79 bits per heavy atom. The zero-order valence-electron chi connectivity index (χ0n) is 15.5. The van der Waals surface area contributed by atoms with Gasteiger partial charge in [0.25, 0.3) is 5.91 Å². The van der Waals surface area contributed by atoms with Crippen molar-refractivity contribution >= 4 is 33.2 Å². The molecule has 2 aromatic carbocycles. The number of para-hydroxylation sites is 2. The van der Waals surface area contributed by atoms with Crippen LogP contribution < -0.4 is 19.1 Å². The average molecular weight is 425 g/mol. The number of nitrogens with one attached hydrogen (secondary N) is 1. The third kappa shape index (κ3) is 4.69. The van der Waals surface area contributed by atoms with Crippen molar-refractivity contribution in [2.45, 2.75) is 13.0 Å². The number of amides is 1. The second-order valence-electron chi connectivity index (χ2n) is 6.42. The Morgan fingerprint density at radius 2 is 2.07 bits per heavy atom. The van der Waals surface area contributed by atoms with Gasteiger partial charge in [0.2, 0.25) is 10.0 Å². The van der Waals surface area contributed by atoms with Crippen molar-refractivity contribution in [3.05, 3.63) is 53.1 Å². The Balaban J connectivity index is 1.58. The summed E-state index contributed by atoms with van der Waals surface area (Å²) in [5, 5.41) is 3.32. The summed E-state index contributed by atoms with van der Waals surface area (Å²) in [4.78, 5) is 12.5. The summed E-state index contributed by atoms with van der Waals surface area (Å²) in [5.74, 6) is 0.550. The maximum absolute atomic E-state index is 12.5. The zero-order valence-corrected chi connectivity index (χ0v) is 17.1. The minimum absolute atomic E-state index is 0.0872. The first-order valence-electron chi connectivity index (χ1n) is 8.66. The molecule has 0 aromatic heterocycles. The SMILES string of the molecule is Cc1ccc(OCCNC(=O)C2CN(S(C)(=O)=O)c3ccccc3O2)cc1Cl. The Hall–Kier alpha value is -2.45. The van der Waals surface area contributed by atoms with E-state index in [1.54, 1.807) is 36.4 Å².